The first-order valence-electron chi connectivity index (χ1n) is 9.68. The van der Waals surface area contributed by atoms with Crippen molar-refractivity contribution >= 4 is 5.69 Å². The number of benzene rings is 2. The number of para-hydroxylation sites is 2. The van der Waals surface area contributed by atoms with Gasteiger partial charge in [0.2, 0.25) is 11.8 Å². The fraction of sp³-hybridized carbons (Fsp3) is 0.364. The molecule has 0 spiro atoms. The summed E-state index contributed by atoms with van der Waals surface area (Å²) in [5.74, 6) is 2.17. The monoisotopic (exact) mass is 378 g/mol. The maximum Gasteiger partial charge on any atom is 0.247 e. The van der Waals surface area contributed by atoms with Crippen LogP contribution in [0.2, 0.25) is 0 Å². The Morgan fingerprint density at radius 3 is 2.39 bits per heavy atom. The van der Waals surface area contributed by atoms with Gasteiger partial charge < -0.3 is 14.1 Å². The maximum absolute atomic E-state index is 5.98. The standard InChI is InChI=1S/C22H26N4O2/c1-16-8-10-18(11-9-16)22-24-23-21(28-22)17(2)25-12-14-26(15-13-25)19-6-4-5-7-20(19)27-3/h4-11,17H,12-15H2,1-3H3. The predicted molar refractivity (Wildman–Crippen MR) is 110 cm³/mol. The molecule has 2 heterocycles. The lowest BCUT2D eigenvalue weighted by Crippen LogP contribution is -2.47. The Kier molecular flexibility index (Phi) is 5.30. The average Bonchev–Trinajstić information content (AvgIpc) is 3.24. The number of hydrogen-bond donors (Lipinski definition) is 0. The van der Waals surface area contributed by atoms with Crippen molar-refractivity contribution in [2.24, 2.45) is 0 Å². The summed E-state index contributed by atoms with van der Waals surface area (Å²) in [6.07, 6.45) is 0. The van der Waals surface area contributed by atoms with Crippen molar-refractivity contribution in [1.29, 1.82) is 0 Å². The predicted octanol–water partition coefficient (Wildman–Crippen LogP) is 3.94. The highest BCUT2D eigenvalue weighted by molar-refractivity contribution is 5.58. The van der Waals surface area contributed by atoms with Gasteiger partial charge in [0, 0.05) is 31.7 Å². The summed E-state index contributed by atoms with van der Waals surface area (Å²) < 4.78 is 11.5. The zero-order valence-corrected chi connectivity index (χ0v) is 16.6. The number of anilines is 1. The number of ether oxygens (including phenoxy) is 1. The van der Waals surface area contributed by atoms with Gasteiger partial charge in [-0.15, -0.1) is 10.2 Å². The molecule has 1 unspecified atom stereocenters. The zero-order chi connectivity index (χ0) is 19.5. The van der Waals surface area contributed by atoms with Crippen LogP contribution in [-0.4, -0.2) is 48.4 Å². The van der Waals surface area contributed by atoms with Crippen molar-refractivity contribution in [3.05, 3.63) is 60.0 Å². The fourth-order valence-electron chi connectivity index (χ4n) is 3.61. The molecule has 0 N–H and O–H groups in total. The molecule has 2 aromatic carbocycles. The fourth-order valence-corrected chi connectivity index (χ4v) is 3.61. The van der Waals surface area contributed by atoms with E-state index in [1.54, 1.807) is 7.11 Å². The third kappa shape index (κ3) is 3.73. The molecule has 4 rings (SSSR count). The number of nitrogens with zero attached hydrogens (tertiary/aromatic N) is 4. The summed E-state index contributed by atoms with van der Waals surface area (Å²) in [7, 11) is 1.72. The van der Waals surface area contributed by atoms with Crippen molar-refractivity contribution in [1.82, 2.24) is 15.1 Å². The van der Waals surface area contributed by atoms with Crippen LogP contribution in [0, 0.1) is 6.92 Å². The number of aryl methyl sites for hydroxylation is 1. The normalized spacial score (nSPS) is 16.2. The second-order valence-electron chi connectivity index (χ2n) is 7.18. The van der Waals surface area contributed by atoms with Gasteiger partial charge >= 0.3 is 0 Å². The quantitative estimate of drug-likeness (QED) is 0.670. The molecule has 0 amide bonds. The number of rotatable bonds is 5. The Balaban J connectivity index is 1.42. The van der Waals surface area contributed by atoms with E-state index in [2.05, 4.69) is 58.1 Å². The Bertz CT molecular complexity index is 914. The third-order valence-corrected chi connectivity index (χ3v) is 5.38. The summed E-state index contributed by atoms with van der Waals surface area (Å²) in [6.45, 7) is 7.93. The van der Waals surface area contributed by atoms with E-state index >= 15 is 0 Å². The van der Waals surface area contributed by atoms with E-state index in [1.807, 2.05) is 24.3 Å². The zero-order valence-electron chi connectivity index (χ0n) is 16.6. The second-order valence-corrected chi connectivity index (χ2v) is 7.18. The van der Waals surface area contributed by atoms with Crippen LogP contribution in [0.1, 0.15) is 24.4 Å². The van der Waals surface area contributed by atoms with Gasteiger partial charge in [0.05, 0.1) is 18.8 Å². The molecule has 0 bridgehead atoms. The Morgan fingerprint density at radius 1 is 0.964 bits per heavy atom. The lowest BCUT2D eigenvalue weighted by atomic mass is 10.1. The van der Waals surface area contributed by atoms with Crippen LogP contribution in [-0.2, 0) is 0 Å². The van der Waals surface area contributed by atoms with Crippen LogP contribution in [0.25, 0.3) is 11.5 Å². The Morgan fingerprint density at radius 2 is 1.68 bits per heavy atom. The van der Waals surface area contributed by atoms with Crippen LogP contribution < -0.4 is 9.64 Å². The minimum Gasteiger partial charge on any atom is -0.495 e. The summed E-state index contributed by atoms with van der Waals surface area (Å²) in [5.41, 5.74) is 3.32. The molecule has 0 saturated carbocycles. The van der Waals surface area contributed by atoms with Gasteiger partial charge in [-0.2, -0.15) is 0 Å². The molecule has 1 saturated heterocycles. The van der Waals surface area contributed by atoms with Gasteiger partial charge in [-0.05, 0) is 38.1 Å². The Labute approximate surface area is 165 Å². The number of aromatic nitrogens is 2. The first-order valence-corrected chi connectivity index (χ1v) is 9.68. The van der Waals surface area contributed by atoms with E-state index in [0.29, 0.717) is 11.8 Å². The minimum absolute atomic E-state index is 0.0894. The summed E-state index contributed by atoms with van der Waals surface area (Å²) in [5, 5.41) is 8.55. The molecular formula is C22H26N4O2. The lowest BCUT2D eigenvalue weighted by Gasteiger charge is -2.38. The molecular weight excluding hydrogens is 352 g/mol. The van der Waals surface area contributed by atoms with Crippen LogP contribution in [0.4, 0.5) is 5.69 Å². The first kappa shape index (κ1) is 18.5. The summed E-state index contributed by atoms with van der Waals surface area (Å²) >= 11 is 0. The molecule has 6 heteroatoms. The Hall–Kier alpha value is -2.86. The van der Waals surface area contributed by atoms with E-state index in [9.17, 15) is 0 Å². The molecule has 0 aliphatic carbocycles. The lowest BCUT2D eigenvalue weighted by molar-refractivity contribution is 0.173. The molecule has 6 nitrogen and oxygen atoms in total. The first-order chi connectivity index (χ1) is 13.7. The van der Waals surface area contributed by atoms with Crippen LogP contribution in [0.15, 0.2) is 52.9 Å². The molecule has 1 aromatic heterocycles. The van der Waals surface area contributed by atoms with Crippen LogP contribution in [0.5, 0.6) is 5.75 Å². The van der Waals surface area contributed by atoms with Crippen LogP contribution >= 0.6 is 0 Å². The van der Waals surface area contributed by atoms with E-state index in [4.69, 9.17) is 9.15 Å². The molecule has 1 atom stereocenters. The number of piperazine rings is 1. The molecule has 3 aromatic rings. The largest absolute Gasteiger partial charge is 0.495 e. The van der Waals surface area contributed by atoms with Crippen molar-refractivity contribution in [3.63, 3.8) is 0 Å². The van der Waals surface area contributed by atoms with Crippen molar-refractivity contribution in [2.45, 2.75) is 19.9 Å². The third-order valence-electron chi connectivity index (χ3n) is 5.38. The molecule has 1 aliphatic heterocycles. The van der Waals surface area contributed by atoms with Gasteiger partial charge in [-0.1, -0.05) is 29.8 Å². The molecule has 28 heavy (non-hydrogen) atoms. The second kappa shape index (κ2) is 8.02. The van der Waals surface area contributed by atoms with E-state index < -0.39 is 0 Å². The van der Waals surface area contributed by atoms with E-state index in [0.717, 1.165) is 43.2 Å². The molecule has 1 aliphatic rings. The minimum atomic E-state index is 0.0894. The maximum atomic E-state index is 5.98. The van der Waals surface area contributed by atoms with Crippen molar-refractivity contribution in [3.8, 4) is 17.2 Å². The van der Waals surface area contributed by atoms with Crippen molar-refractivity contribution in [2.75, 3.05) is 38.2 Å². The van der Waals surface area contributed by atoms with E-state index in [-0.39, 0.29) is 6.04 Å². The smallest absolute Gasteiger partial charge is 0.247 e. The van der Waals surface area contributed by atoms with Crippen LogP contribution in [0.3, 0.4) is 0 Å². The molecule has 146 valence electrons. The van der Waals surface area contributed by atoms with Crippen molar-refractivity contribution < 1.29 is 9.15 Å². The highest BCUT2D eigenvalue weighted by Crippen LogP contribution is 2.30. The topological polar surface area (TPSA) is 54.6 Å². The SMILES string of the molecule is COc1ccccc1N1CCN(C(C)c2nnc(-c3ccc(C)cc3)o2)CC1. The van der Waals surface area contributed by atoms with Gasteiger partial charge in [0.1, 0.15) is 5.75 Å². The van der Waals surface area contributed by atoms with Gasteiger partial charge in [0.15, 0.2) is 0 Å². The summed E-state index contributed by atoms with van der Waals surface area (Å²) in [4.78, 5) is 4.76. The number of hydrogen-bond acceptors (Lipinski definition) is 6. The van der Waals surface area contributed by atoms with E-state index in [1.165, 1.54) is 5.56 Å². The van der Waals surface area contributed by atoms with Gasteiger partial charge in [-0.25, -0.2) is 0 Å². The molecule has 1 fully saturated rings. The van der Waals surface area contributed by atoms with Gasteiger partial charge in [0.25, 0.3) is 0 Å². The number of methoxy groups -OCH3 is 1. The highest BCUT2D eigenvalue weighted by atomic mass is 16.5. The summed E-state index contributed by atoms with van der Waals surface area (Å²) in [6, 6.07) is 16.4. The average molecular weight is 378 g/mol. The molecule has 0 radical (unpaired) electrons. The van der Waals surface area contributed by atoms with Gasteiger partial charge in [-0.3, -0.25) is 4.90 Å². The highest BCUT2D eigenvalue weighted by Gasteiger charge is 2.26.